The van der Waals surface area contributed by atoms with Crippen molar-refractivity contribution >= 4 is 40.0 Å². The van der Waals surface area contributed by atoms with Gasteiger partial charge in [-0.3, -0.25) is 4.79 Å². The Bertz CT molecular complexity index is 1270. The Balaban J connectivity index is 1.40. The minimum atomic E-state index is -0.205. The molecule has 4 aromatic rings. The second kappa shape index (κ2) is 10.4. The van der Waals surface area contributed by atoms with Crippen LogP contribution in [0.1, 0.15) is 28.1 Å². The quantitative estimate of drug-likeness (QED) is 0.332. The molecule has 0 aliphatic heterocycles. The molecule has 3 aromatic heterocycles. The number of anilines is 2. The average Bonchev–Trinajstić information content (AvgIpc) is 3.55. The highest BCUT2D eigenvalue weighted by atomic mass is 32.2. The number of thioether (sulfide) groups is 1. The maximum Gasteiger partial charge on any atom is 0.235 e. The Morgan fingerprint density at radius 3 is 2.76 bits per heavy atom. The van der Waals surface area contributed by atoms with Gasteiger partial charge >= 0.3 is 0 Å². The van der Waals surface area contributed by atoms with E-state index >= 15 is 0 Å². The second-order valence-electron chi connectivity index (χ2n) is 7.26. The lowest BCUT2D eigenvalue weighted by Gasteiger charge is -2.13. The SMILES string of the molecule is Cc1c(C#N)c(NC(=O)CSc2nnc(NCc3ccco3)s2)n(Cc2ccccc2)c1C. The molecular formula is C23H22N6O2S2. The van der Waals surface area contributed by atoms with Gasteiger partial charge in [0.15, 0.2) is 4.34 Å². The molecule has 10 heteroatoms. The Kier molecular flexibility index (Phi) is 7.12. The normalized spacial score (nSPS) is 10.7. The lowest BCUT2D eigenvalue weighted by atomic mass is 10.2. The van der Waals surface area contributed by atoms with Crippen LogP contribution >= 0.6 is 23.1 Å². The monoisotopic (exact) mass is 478 g/mol. The van der Waals surface area contributed by atoms with Gasteiger partial charge in [-0.25, -0.2) is 0 Å². The van der Waals surface area contributed by atoms with Gasteiger partial charge in [-0.05, 0) is 37.1 Å². The zero-order valence-electron chi connectivity index (χ0n) is 18.2. The number of carbonyl (C=O) groups is 1. The number of hydrogen-bond acceptors (Lipinski definition) is 8. The topological polar surface area (TPSA) is 109 Å². The maximum atomic E-state index is 12.7. The van der Waals surface area contributed by atoms with E-state index in [0.717, 1.165) is 22.6 Å². The van der Waals surface area contributed by atoms with Crippen molar-refractivity contribution in [3.8, 4) is 6.07 Å². The highest BCUT2D eigenvalue weighted by Gasteiger charge is 2.20. The number of aromatic nitrogens is 3. The molecule has 0 unspecified atom stereocenters. The molecule has 33 heavy (non-hydrogen) atoms. The molecule has 0 aliphatic carbocycles. The summed E-state index contributed by atoms with van der Waals surface area (Å²) in [5.74, 6) is 1.28. The average molecular weight is 479 g/mol. The lowest BCUT2D eigenvalue weighted by Crippen LogP contribution is -2.18. The van der Waals surface area contributed by atoms with Gasteiger partial charge in [-0.1, -0.05) is 53.4 Å². The van der Waals surface area contributed by atoms with E-state index in [1.165, 1.54) is 23.1 Å². The van der Waals surface area contributed by atoms with E-state index in [-0.39, 0.29) is 11.7 Å². The summed E-state index contributed by atoms with van der Waals surface area (Å²) in [5, 5.41) is 24.7. The summed E-state index contributed by atoms with van der Waals surface area (Å²) in [5.41, 5.74) is 3.40. The van der Waals surface area contributed by atoms with Crippen LogP contribution in [0.2, 0.25) is 0 Å². The second-order valence-corrected chi connectivity index (χ2v) is 9.46. The number of amides is 1. The van der Waals surface area contributed by atoms with Crippen LogP contribution in [0.25, 0.3) is 0 Å². The molecule has 0 saturated carbocycles. The summed E-state index contributed by atoms with van der Waals surface area (Å²) >= 11 is 2.68. The molecule has 3 heterocycles. The zero-order valence-corrected chi connectivity index (χ0v) is 19.8. The van der Waals surface area contributed by atoms with E-state index in [4.69, 9.17) is 4.42 Å². The van der Waals surface area contributed by atoms with Gasteiger partial charge in [0.05, 0.1) is 24.1 Å². The summed E-state index contributed by atoms with van der Waals surface area (Å²) in [6.07, 6.45) is 1.62. The van der Waals surface area contributed by atoms with Gasteiger partial charge < -0.3 is 19.6 Å². The Hall–Kier alpha value is -3.55. The Labute approximate surface area is 199 Å². The molecule has 1 aromatic carbocycles. The van der Waals surface area contributed by atoms with Crippen molar-refractivity contribution in [2.45, 2.75) is 31.3 Å². The van der Waals surface area contributed by atoms with Crippen LogP contribution in [0.3, 0.4) is 0 Å². The third-order valence-electron chi connectivity index (χ3n) is 5.11. The lowest BCUT2D eigenvalue weighted by molar-refractivity contribution is -0.113. The Morgan fingerprint density at radius 1 is 1.21 bits per heavy atom. The van der Waals surface area contributed by atoms with E-state index in [0.29, 0.717) is 33.9 Å². The highest BCUT2D eigenvalue weighted by Crippen LogP contribution is 2.29. The zero-order chi connectivity index (χ0) is 23.2. The van der Waals surface area contributed by atoms with Crippen molar-refractivity contribution in [1.29, 1.82) is 5.26 Å². The van der Waals surface area contributed by atoms with Crippen LogP contribution in [-0.2, 0) is 17.9 Å². The van der Waals surface area contributed by atoms with Crippen LogP contribution in [0.15, 0.2) is 57.5 Å². The largest absolute Gasteiger partial charge is 0.467 e. The summed E-state index contributed by atoms with van der Waals surface area (Å²) in [7, 11) is 0. The fourth-order valence-corrected chi connectivity index (χ4v) is 4.85. The number of nitrogens with zero attached hydrogens (tertiary/aromatic N) is 4. The van der Waals surface area contributed by atoms with Gasteiger partial charge in [0, 0.05) is 12.2 Å². The fourth-order valence-electron chi connectivity index (χ4n) is 3.30. The molecule has 0 spiro atoms. The molecule has 2 N–H and O–H groups in total. The molecule has 1 amide bonds. The molecule has 168 valence electrons. The van der Waals surface area contributed by atoms with Crippen LogP contribution in [0.5, 0.6) is 0 Å². The first-order valence-electron chi connectivity index (χ1n) is 10.2. The number of benzene rings is 1. The number of nitriles is 1. The Morgan fingerprint density at radius 2 is 2.03 bits per heavy atom. The minimum absolute atomic E-state index is 0.159. The van der Waals surface area contributed by atoms with Crippen molar-refractivity contribution in [2.24, 2.45) is 0 Å². The van der Waals surface area contributed by atoms with Gasteiger partial charge in [-0.15, -0.1) is 10.2 Å². The number of rotatable bonds is 9. The van der Waals surface area contributed by atoms with E-state index in [2.05, 4.69) is 26.9 Å². The smallest absolute Gasteiger partial charge is 0.235 e. The highest BCUT2D eigenvalue weighted by molar-refractivity contribution is 8.01. The summed E-state index contributed by atoms with van der Waals surface area (Å²) in [6.45, 7) is 4.94. The van der Waals surface area contributed by atoms with Crippen LogP contribution in [0.4, 0.5) is 10.9 Å². The van der Waals surface area contributed by atoms with Crippen molar-refractivity contribution in [3.63, 3.8) is 0 Å². The molecule has 0 atom stereocenters. The van der Waals surface area contributed by atoms with E-state index in [1.54, 1.807) is 6.26 Å². The number of furan rings is 1. The molecule has 4 rings (SSSR count). The fraction of sp³-hybridized carbons (Fsp3) is 0.217. The van der Waals surface area contributed by atoms with E-state index < -0.39 is 0 Å². The summed E-state index contributed by atoms with van der Waals surface area (Å²) in [6, 6.07) is 15.9. The molecule has 0 bridgehead atoms. The van der Waals surface area contributed by atoms with Gasteiger partial charge in [0.2, 0.25) is 11.0 Å². The first-order chi connectivity index (χ1) is 16.0. The van der Waals surface area contributed by atoms with Crippen molar-refractivity contribution in [2.75, 3.05) is 16.4 Å². The van der Waals surface area contributed by atoms with Crippen LogP contribution < -0.4 is 10.6 Å². The number of carbonyl (C=O) groups excluding carboxylic acids is 1. The molecule has 0 fully saturated rings. The van der Waals surface area contributed by atoms with Crippen molar-refractivity contribution < 1.29 is 9.21 Å². The molecule has 0 aliphatic rings. The van der Waals surface area contributed by atoms with E-state index in [1.807, 2.05) is 60.9 Å². The first-order valence-corrected chi connectivity index (χ1v) is 12.0. The third-order valence-corrected chi connectivity index (χ3v) is 7.12. The van der Waals surface area contributed by atoms with Crippen LogP contribution in [0, 0.1) is 25.2 Å². The predicted octanol–water partition coefficient (Wildman–Crippen LogP) is 4.81. The van der Waals surface area contributed by atoms with Gasteiger partial charge in [-0.2, -0.15) is 5.26 Å². The number of hydrogen-bond donors (Lipinski definition) is 2. The van der Waals surface area contributed by atoms with Gasteiger partial charge in [0.25, 0.3) is 0 Å². The minimum Gasteiger partial charge on any atom is -0.467 e. The summed E-state index contributed by atoms with van der Waals surface area (Å²) in [4.78, 5) is 12.7. The molecule has 0 radical (unpaired) electrons. The molecule has 0 saturated heterocycles. The molecule has 8 nitrogen and oxygen atoms in total. The number of nitrogens with one attached hydrogen (secondary N) is 2. The van der Waals surface area contributed by atoms with Crippen molar-refractivity contribution in [1.82, 2.24) is 14.8 Å². The van der Waals surface area contributed by atoms with E-state index in [9.17, 15) is 10.1 Å². The summed E-state index contributed by atoms with van der Waals surface area (Å²) < 4.78 is 7.94. The standard InChI is InChI=1S/C23H22N6O2S2/c1-15-16(2)29(13-17-7-4-3-5-8-17)21(19(15)11-24)26-20(30)14-32-23-28-27-22(33-23)25-12-18-9-6-10-31-18/h3-10H,12-14H2,1-2H3,(H,25,27)(H,26,30). The third kappa shape index (κ3) is 5.45. The predicted molar refractivity (Wildman–Crippen MR) is 129 cm³/mol. The maximum absolute atomic E-state index is 12.7. The van der Waals surface area contributed by atoms with Gasteiger partial charge in [0.1, 0.15) is 17.6 Å². The first kappa shape index (κ1) is 22.6. The van der Waals surface area contributed by atoms with Crippen molar-refractivity contribution in [3.05, 3.63) is 76.9 Å². The molecular weight excluding hydrogens is 456 g/mol. The van der Waals surface area contributed by atoms with Crippen LogP contribution in [-0.4, -0.2) is 26.4 Å².